The van der Waals surface area contributed by atoms with Gasteiger partial charge < -0.3 is 22.4 Å². The van der Waals surface area contributed by atoms with E-state index < -0.39 is 18.0 Å². The van der Waals surface area contributed by atoms with Crippen LogP contribution in [0.25, 0.3) is 0 Å². The molecule has 0 bridgehead atoms. The van der Waals surface area contributed by atoms with Crippen molar-refractivity contribution >= 4 is 12.4 Å². The largest absolute Gasteiger partial charge is 1.00 e. The zero-order chi connectivity index (χ0) is 15.2. The molecular formula is C14H19BF3KO2. The van der Waals surface area contributed by atoms with Gasteiger partial charge in [-0.3, -0.25) is 0 Å². The van der Waals surface area contributed by atoms with Crippen molar-refractivity contribution in [2.24, 2.45) is 0 Å². The predicted octanol–water partition coefficient (Wildman–Crippen LogP) is 0.470. The molecule has 0 saturated carbocycles. The Morgan fingerprint density at radius 3 is 2.29 bits per heavy atom. The number of hydrogen-bond acceptors (Lipinski definition) is 2. The van der Waals surface area contributed by atoms with E-state index in [4.69, 9.17) is 9.47 Å². The third kappa shape index (κ3) is 4.97. The summed E-state index contributed by atoms with van der Waals surface area (Å²) in [5, 5.41) is 0. The molecule has 1 aliphatic heterocycles. The van der Waals surface area contributed by atoms with Crippen LogP contribution in [-0.2, 0) is 4.74 Å². The number of halogens is 3. The topological polar surface area (TPSA) is 18.5 Å². The van der Waals surface area contributed by atoms with Gasteiger partial charge in [0.05, 0.1) is 5.60 Å². The second-order valence-corrected chi connectivity index (χ2v) is 6.42. The summed E-state index contributed by atoms with van der Waals surface area (Å²) in [6.45, 7) is 2.68. The summed E-state index contributed by atoms with van der Waals surface area (Å²) in [4.78, 5) is 0. The maximum atomic E-state index is 12.7. The van der Waals surface area contributed by atoms with E-state index in [1.807, 2.05) is 27.7 Å². The first kappa shape index (κ1) is 19.5. The van der Waals surface area contributed by atoms with E-state index in [-0.39, 0.29) is 68.8 Å². The average Bonchev–Trinajstić information content (AvgIpc) is 2.45. The fourth-order valence-electron chi connectivity index (χ4n) is 2.65. The molecule has 112 valence electrons. The second kappa shape index (κ2) is 6.53. The molecular weight excluding hydrogens is 307 g/mol. The normalized spacial score (nSPS) is 23.5. The van der Waals surface area contributed by atoms with Gasteiger partial charge in [-0.05, 0) is 39.8 Å². The number of rotatable bonds is 3. The Hall–Kier alpha value is 0.471. The zero-order valence-corrected chi connectivity index (χ0v) is 16.2. The van der Waals surface area contributed by atoms with Crippen molar-refractivity contribution in [1.82, 2.24) is 0 Å². The summed E-state index contributed by atoms with van der Waals surface area (Å²) in [7, 11) is 0. The van der Waals surface area contributed by atoms with Crippen LogP contribution in [0.2, 0.25) is 0 Å². The van der Waals surface area contributed by atoms with E-state index in [1.165, 1.54) is 6.07 Å². The first-order chi connectivity index (χ1) is 9.00. The molecule has 0 aromatic heterocycles. The van der Waals surface area contributed by atoms with Crippen LogP contribution in [0.1, 0.15) is 34.1 Å². The van der Waals surface area contributed by atoms with Crippen LogP contribution in [0.15, 0.2) is 24.3 Å². The molecule has 2 rings (SSSR count). The number of benzene rings is 1. The Balaban J connectivity index is 0.00000220. The maximum Gasteiger partial charge on any atom is 1.00 e. The molecule has 1 atom stereocenters. The molecule has 1 heterocycles. The smallest absolute Gasteiger partial charge is 0.487 e. The molecule has 1 unspecified atom stereocenters. The standard InChI is InChI=1S/C14H19BF3O2.K/c1-13(2)9-12(14(3,4)20-13)19-11-7-5-6-10(8-11)15(16,17)18;/h5-8,12H,9H2,1-4H3;/q-1;+1. The summed E-state index contributed by atoms with van der Waals surface area (Å²) in [6, 6.07) is 5.04. The van der Waals surface area contributed by atoms with E-state index in [9.17, 15) is 12.9 Å². The van der Waals surface area contributed by atoms with Crippen LogP contribution in [0.4, 0.5) is 12.9 Å². The van der Waals surface area contributed by atoms with Crippen LogP contribution in [0.5, 0.6) is 5.75 Å². The Morgan fingerprint density at radius 2 is 1.81 bits per heavy atom. The molecule has 2 nitrogen and oxygen atoms in total. The fraction of sp³-hybridized carbons (Fsp3) is 0.571. The molecule has 0 N–H and O–H groups in total. The van der Waals surface area contributed by atoms with Crippen molar-refractivity contribution < 1.29 is 73.8 Å². The van der Waals surface area contributed by atoms with Gasteiger partial charge in [0.2, 0.25) is 0 Å². The van der Waals surface area contributed by atoms with Gasteiger partial charge >= 0.3 is 58.4 Å². The van der Waals surface area contributed by atoms with Crippen LogP contribution < -0.4 is 61.6 Å². The van der Waals surface area contributed by atoms with Crippen LogP contribution in [0, 0.1) is 0 Å². The van der Waals surface area contributed by atoms with Gasteiger partial charge in [-0.25, -0.2) is 0 Å². The van der Waals surface area contributed by atoms with Crippen LogP contribution >= 0.6 is 0 Å². The molecule has 7 heteroatoms. The second-order valence-electron chi connectivity index (χ2n) is 6.42. The summed E-state index contributed by atoms with van der Waals surface area (Å²) >= 11 is 0. The number of hydrogen-bond donors (Lipinski definition) is 0. The van der Waals surface area contributed by atoms with Gasteiger partial charge in [0.15, 0.2) is 0 Å². The minimum absolute atomic E-state index is 0. The van der Waals surface area contributed by atoms with Gasteiger partial charge in [-0.2, -0.15) is 0 Å². The first-order valence-electron chi connectivity index (χ1n) is 6.66. The van der Waals surface area contributed by atoms with Crippen molar-refractivity contribution in [3.8, 4) is 5.75 Å². The summed E-state index contributed by atoms with van der Waals surface area (Å²) in [5.41, 5.74) is -1.50. The van der Waals surface area contributed by atoms with E-state index >= 15 is 0 Å². The zero-order valence-electron chi connectivity index (χ0n) is 13.1. The third-order valence-electron chi connectivity index (χ3n) is 3.51. The van der Waals surface area contributed by atoms with E-state index in [0.29, 0.717) is 6.42 Å². The molecule has 0 spiro atoms. The van der Waals surface area contributed by atoms with Crippen molar-refractivity contribution in [2.45, 2.75) is 51.4 Å². The van der Waals surface area contributed by atoms with Crippen molar-refractivity contribution in [3.05, 3.63) is 24.3 Å². The maximum absolute atomic E-state index is 12.7. The van der Waals surface area contributed by atoms with Crippen LogP contribution in [-0.4, -0.2) is 24.3 Å². The van der Waals surface area contributed by atoms with Crippen molar-refractivity contribution in [1.29, 1.82) is 0 Å². The third-order valence-corrected chi connectivity index (χ3v) is 3.51. The van der Waals surface area contributed by atoms with Gasteiger partial charge in [-0.1, -0.05) is 12.1 Å². The molecule has 1 fully saturated rings. The molecule has 0 aliphatic carbocycles. The summed E-state index contributed by atoms with van der Waals surface area (Å²) < 4.78 is 49.8. The minimum Gasteiger partial charge on any atom is -0.487 e. The molecule has 1 aromatic carbocycles. The van der Waals surface area contributed by atoms with E-state index in [2.05, 4.69) is 0 Å². The minimum atomic E-state index is -5.01. The first-order valence-corrected chi connectivity index (χ1v) is 6.66. The molecule has 1 saturated heterocycles. The van der Waals surface area contributed by atoms with E-state index in [1.54, 1.807) is 6.07 Å². The molecule has 21 heavy (non-hydrogen) atoms. The van der Waals surface area contributed by atoms with Gasteiger partial charge in [0.1, 0.15) is 17.5 Å². The van der Waals surface area contributed by atoms with E-state index in [0.717, 1.165) is 12.1 Å². The Bertz CT molecular complexity index is 503. The molecule has 0 amide bonds. The molecule has 0 radical (unpaired) electrons. The average molecular weight is 326 g/mol. The molecule has 1 aliphatic rings. The number of ether oxygens (including phenoxy) is 2. The Labute approximate surface area is 166 Å². The predicted molar refractivity (Wildman–Crippen MR) is 73.4 cm³/mol. The van der Waals surface area contributed by atoms with Crippen molar-refractivity contribution in [2.75, 3.05) is 0 Å². The fourth-order valence-corrected chi connectivity index (χ4v) is 2.65. The monoisotopic (exact) mass is 326 g/mol. The Morgan fingerprint density at radius 1 is 1.19 bits per heavy atom. The van der Waals surface area contributed by atoms with Gasteiger partial charge in [0.25, 0.3) is 0 Å². The summed E-state index contributed by atoms with van der Waals surface area (Å²) in [5.74, 6) is 0.237. The van der Waals surface area contributed by atoms with Gasteiger partial charge in [0, 0.05) is 6.42 Å². The Kier molecular flexibility index (Phi) is 6.07. The SMILES string of the molecule is CC1(C)CC(Oc2cccc([B-](F)(F)F)c2)C(C)(C)O1.[K+]. The molecule has 1 aromatic rings. The summed E-state index contributed by atoms with van der Waals surface area (Å²) in [6.07, 6.45) is 0.370. The quantitative estimate of drug-likeness (QED) is 0.752. The van der Waals surface area contributed by atoms with Gasteiger partial charge in [-0.15, -0.1) is 5.46 Å². The van der Waals surface area contributed by atoms with Crippen LogP contribution in [0.3, 0.4) is 0 Å². The van der Waals surface area contributed by atoms with Crippen molar-refractivity contribution in [3.63, 3.8) is 0 Å².